The molecule has 1 aliphatic heterocycles. The molecular weight excluding hydrogens is 356 g/mol. The van der Waals surface area contributed by atoms with Crippen molar-refractivity contribution in [3.05, 3.63) is 82.1 Å². The molecule has 2 aromatic carbocycles. The van der Waals surface area contributed by atoms with Gasteiger partial charge in [-0.1, -0.05) is 41.9 Å². The number of fused-ring (bicyclic) bond motifs is 1. The van der Waals surface area contributed by atoms with E-state index in [9.17, 15) is 8.78 Å². The molecule has 6 heteroatoms. The number of benzene rings is 2. The van der Waals surface area contributed by atoms with E-state index in [4.69, 9.17) is 11.6 Å². The minimum Gasteiger partial charge on any atom is -0.294 e. The molecule has 0 amide bonds. The van der Waals surface area contributed by atoms with Crippen LogP contribution in [0.1, 0.15) is 16.8 Å². The highest BCUT2D eigenvalue weighted by Crippen LogP contribution is 2.28. The van der Waals surface area contributed by atoms with Crippen LogP contribution in [0, 0.1) is 11.6 Å². The monoisotopic (exact) mass is 371 g/mol. The van der Waals surface area contributed by atoms with Gasteiger partial charge in [0, 0.05) is 37.2 Å². The van der Waals surface area contributed by atoms with E-state index in [1.54, 1.807) is 0 Å². The Balaban J connectivity index is 1.60. The van der Waals surface area contributed by atoms with E-state index < -0.39 is 11.6 Å². The van der Waals surface area contributed by atoms with E-state index in [1.165, 1.54) is 11.6 Å². The van der Waals surface area contributed by atoms with Gasteiger partial charge in [-0.05, 0) is 23.8 Å². The Bertz CT molecular complexity index is 947. The Morgan fingerprint density at radius 1 is 1.00 bits per heavy atom. The Labute approximate surface area is 155 Å². The van der Waals surface area contributed by atoms with E-state index in [0.717, 1.165) is 42.9 Å². The maximum absolute atomic E-state index is 13.5. The Hall–Kier alpha value is -2.37. The van der Waals surface area contributed by atoms with Gasteiger partial charge < -0.3 is 0 Å². The van der Waals surface area contributed by atoms with Gasteiger partial charge in [-0.25, -0.2) is 18.7 Å². The molecule has 0 saturated heterocycles. The van der Waals surface area contributed by atoms with Gasteiger partial charge in [0.25, 0.3) is 0 Å². The molecule has 0 bridgehead atoms. The minimum atomic E-state index is -0.922. The van der Waals surface area contributed by atoms with Crippen molar-refractivity contribution < 1.29 is 8.78 Å². The van der Waals surface area contributed by atoms with E-state index in [0.29, 0.717) is 23.1 Å². The molecule has 132 valence electrons. The molecule has 3 nitrogen and oxygen atoms in total. The first kappa shape index (κ1) is 17.1. The van der Waals surface area contributed by atoms with Crippen molar-refractivity contribution in [2.75, 3.05) is 6.54 Å². The van der Waals surface area contributed by atoms with Gasteiger partial charge in [0.05, 0.1) is 5.69 Å². The molecule has 0 unspecified atom stereocenters. The number of hydrogen-bond donors (Lipinski definition) is 0. The summed E-state index contributed by atoms with van der Waals surface area (Å²) in [6.45, 7) is 2.36. The second-order valence-corrected chi connectivity index (χ2v) is 6.70. The van der Waals surface area contributed by atoms with Crippen LogP contribution in [0.5, 0.6) is 0 Å². The Morgan fingerprint density at radius 2 is 1.81 bits per heavy atom. The lowest BCUT2D eigenvalue weighted by Crippen LogP contribution is -2.31. The maximum atomic E-state index is 13.5. The lowest BCUT2D eigenvalue weighted by molar-refractivity contribution is 0.243. The molecule has 1 aromatic heterocycles. The van der Waals surface area contributed by atoms with Crippen molar-refractivity contribution in [2.45, 2.75) is 19.5 Å². The first-order valence-corrected chi connectivity index (χ1v) is 8.75. The number of nitrogens with zero attached hydrogens (tertiary/aromatic N) is 3. The fourth-order valence-electron chi connectivity index (χ4n) is 3.17. The molecule has 0 radical (unpaired) electrons. The van der Waals surface area contributed by atoms with E-state index >= 15 is 0 Å². The molecule has 0 fully saturated rings. The van der Waals surface area contributed by atoms with Crippen molar-refractivity contribution in [1.29, 1.82) is 0 Å². The van der Waals surface area contributed by atoms with E-state index in [-0.39, 0.29) is 0 Å². The second kappa shape index (κ2) is 7.09. The molecular formula is C20H16ClF2N3. The maximum Gasteiger partial charge on any atom is 0.161 e. The zero-order chi connectivity index (χ0) is 18.1. The fourth-order valence-corrected chi connectivity index (χ4v) is 3.42. The van der Waals surface area contributed by atoms with Gasteiger partial charge in [0.1, 0.15) is 5.15 Å². The SMILES string of the molecule is Fc1ccc(-c2nc(Cl)c3c(n2)CCN(Cc2ccccc2)C3)cc1F. The van der Waals surface area contributed by atoms with Crippen LogP contribution in [0.25, 0.3) is 11.4 Å². The molecule has 2 heterocycles. The summed E-state index contributed by atoms with van der Waals surface area (Å²) in [4.78, 5) is 11.1. The third-order valence-corrected chi connectivity index (χ3v) is 4.83. The average molecular weight is 372 g/mol. The zero-order valence-electron chi connectivity index (χ0n) is 13.9. The van der Waals surface area contributed by atoms with Crippen molar-refractivity contribution >= 4 is 11.6 Å². The van der Waals surface area contributed by atoms with Crippen molar-refractivity contribution in [3.8, 4) is 11.4 Å². The molecule has 3 aromatic rings. The summed E-state index contributed by atoms with van der Waals surface area (Å²) in [5, 5.41) is 0.368. The largest absolute Gasteiger partial charge is 0.294 e. The van der Waals surface area contributed by atoms with Crippen LogP contribution < -0.4 is 0 Å². The summed E-state index contributed by atoms with van der Waals surface area (Å²) in [5.74, 6) is -1.49. The van der Waals surface area contributed by atoms with E-state index in [1.807, 2.05) is 18.2 Å². The highest BCUT2D eigenvalue weighted by atomic mass is 35.5. The summed E-state index contributed by atoms with van der Waals surface area (Å²) in [6.07, 6.45) is 0.737. The van der Waals surface area contributed by atoms with Gasteiger partial charge >= 0.3 is 0 Å². The molecule has 0 spiro atoms. The van der Waals surface area contributed by atoms with Crippen LogP contribution in [0.3, 0.4) is 0 Å². The summed E-state index contributed by atoms with van der Waals surface area (Å²) in [5.41, 5.74) is 3.43. The first-order chi connectivity index (χ1) is 12.6. The fraction of sp³-hybridized carbons (Fsp3) is 0.200. The molecule has 0 aliphatic carbocycles. The number of rotatable bonds is 3. The van der Waals surface area contributed by atoms with Crippen LogP contribution in [0.2, 0.25) is 5.15 Å². The number of halogens is 3. The number of hydrogen-bond acceptors (Lipinski definition) is 3. The van der Waals surface area contributed by atoms with Gasteiger partial charge in [0.15, 0.2) is 17.5 Å². The second-order valence-electron chi connectivity index (χ2n) is 6.34. The van der Waals surface area contributed by atoms with Gasteiger partial charge in [0.2, 0.25) is 0 Å². The first-order valence-electron chi connectivity index (χ1n) is 8.37. The lowest BCUT2D eigenvalue weighted by Gasteiger charge is -2.28. The molecule has 0 atom stereocenters. The van der Waals surface area contributed by atoms with Crippen LogP contribution in [0.4, 0.5) is 8.78 Å². The predicted octanol–water partition coefficient (Wildman–Crippen LogP) is 4.63. The predicted molar refractivity (Wildman–Crippen MR) is 96.7 cm³/mol. The third kappa shape index (κ3) is 3.45. The standard InChI is InChI=1S/C20H16ClF2N3/c21-19-15-12-26(11-13-4-2-1-3-5-13)9-8-18(15)24-20(25-19)14-6-7-16(22)17(23)10-14/h1-7,10H,8-9,11-12H2. The topological polar surface area (TPSA) is 29.0 Å². The normalized spacial score (nSPS) is 14.3. The average Bonchev–Trinajstić information content (AvgIpc) is 2.65. The van der Waals surface area contributed by atoms with Crippen molar-refractivity contribution in [2.24, 2.45) is 0 Å². The van der Waals surface area contributed by atoms with Crippen LogP contribution in [-0.4, -0.2) is 21.4 Å². The Morgan fingerprint density at radius 3 is 2.58 bits per heavy atom. The van der Waals surface area contributed by atoms with Crippen molar-refractivity contribution in [1.82, 2.24) is 14.9 Å². The van der Waals surface area contributed by atoms with Gasteiger partial charge in [-0.15, -0.1) is 0 Å². The Kier molecular flexibility index (Phi) is 4.66. The summed E-state index contributed by atoms with van der Waals surface area (Å²) < 4.78 is 26.6. The number of aromatic nitrogens is 2. The summed E-state index contributed by atoms with van der Waals surface area (Å²) in [6, 6.07) is 13.9. The summed E-state index contributed by atoms with van der Waals surface area (Å²) >= 11 is 6.39. The third-order valence-electron chi connectivity index (χ3n) is 4.52. The smallest absolute Gasteiger partial charge is 0.161 e. The van der Waals surface area contributed by atoms with Crippen LogP contribution in [-0.2, 0) is 19.5 Å². The van der Waals surface area contributed by atoms with Gasteiger partial charge in [-0.2, -0.15) is 0 Å². The molecule has 1 aliphatic rings. The summed E-state index contributed by atoms with van der Waals surface area (Å²) in [7, 11) is 0. The molecule has 0 N–H and O–H groups in total. The molecule has 4 rings (SSSR count). The molecule has 0 saturated carbocycles. The lowest BCUT2D eigenvalue weighted by atomic mass is 10.1. The van der Waals surface area contributed by atoms with Crippen molar-refractivity contribution in [3.63, 3.8) is 0 Å². The van der Waals surface area contributed by atoms with Gasteiger partial charge in [-0.3, -0.25) is 4.90 Å². The van der Waals surface area contributed by atoms with E-state index in [2.05, 4.69) is 27.0 Å². The molecule has 26 heavy (non-hydrogen) atoms. The quantitative estimate of drug-likeness (QED) is 0.628. The van der Waals surface area contributed by atoms with Crippen LogP contribution in [0.15, 0.2) is 48.5 Å². The van der Waals surface area contributed by atoms with Crippen LogP contribution >= 0.6 is 11.6 Å². The minimum absolute atomic E-state index is 0.323. The highest BCUT2D eigenvalue weighted by Gasteiger charge is 2.22. The zero-order valence-corrected chi connectivity index (χ0v) is 14.7. The highest BCUT2D eigenvalue weighted by molar-refractivity contribution is 6.30.